The summed E-state index contributed by atoms with van der Waals surface area (Å²) in [6.45, 7) is 32.4. The van der Waals surface area contributed by atoms with E-state index in [2.05, 4.69) is 139 Å². The molecular formula is C75H121Br5Cl2N20O19. The average Bonchev–Trinajstić information content (AvgIpc) is 1.65. The van der Waals surface area contributed by atoms with Crippen LogP contribution in [0.1, 0.15) is 165 Å². The predicted molar refractivity (Wildman–Crippen MR) is 473 cm³/mol. The fraction of sp³-hybridized carbons (Fsp3) is 0.693. The smallest absolute Gasteiger partial charge is 0.410 e. The van der Waals surface area contributed by atoms with Crippen molar-refractivity contribution in [1.82, 2.24) is 58.7 Å². The summed E-state index contributed by atoms with van der Waals surface area (Å²) in [4.78, 5) is 90.6. The molecule has 0 bridgehead atoms. The largest absolute Gasteiger partial charge is 0.444 e. The lowest BCUT2D eigenvalue weighted by atomic mass is 10.2. The van der Waals surface area contributed by atoms with E-state index in [0.717, 1.165) is 6.08 Å². The molecule has 4 aliphatic heterocycles. The van der Waals surface area contributed by atoms with Crippen molar-refractivity contribution >= 4 is 163 Å². The van der Waals surface area contributed by atoms with E-state index in [1.807, 2.05) is 83.1 Å². The van der Waals surface area contributed by atoms with Gasteiger partial charge in [-0.25, -0.2) is 33.2 Å². The van der Waals surface area contributed by atoms with Crippen molar-refractivity contribution in [3.63, 3.8) is 0 Å². The second-order valence-electron chi connectivity index (χ2n) is 31.3. The van der Waals surface area contributed by atoms with Gasteiger partial charge in [-0.1, -0.05) is 6.58 Å². The number of nitriles is 2. The maximum Gasteiger partial charge on any atom is 0.410 e. The summed E-state index contributed by atoms with van der Waals surface area (Å²) in [5, 5.41) is 45.5. The van der Waals surface area contributed by atoms with Crippen LogP contribution in [-0.4, -0.2) is 309 Å². The van der Waals surface area contributed by atoms with Crippen LogP contribution in [0, 0.1) is 22.7 Å². The van der Waals surface area contributed by atoms with Crippen LogP contribution in [0.25, 0.3) is 0 Å². The van der Waals surface area contributed by atoms with Crippen LogP contribution in [0.5, 0.6) is 0 Å². The summed E-state index contributed by atoms with van der Waals surface area (Å²) < 4.78 is 72.2. The molecule has 0 radical (unpaired) electrons. The minimum Gasteiger partial charge on any atom is -0.444 e. The Labute approximate surface area is 761 Å². The molecule has 121 heavy (non-hydrogen) atoms. The second-order valence-corrected chi connectivity index (χ2v) is 35.4. The quantitative estimate of drug-likeness (QED) is 0.0127. The van der Waals surface area contributed by atoms with Crippen molar-refractivity contribution in [3.8, 4) is 12.1 Å². The highest BCUT2D eigenvalue weighted by Crippen LogP contribution is 2.40. The van der Waals surface area contributed by atoms with Crippen LogP contribution in [0.4, 0.5) is 36.6 Å². The Hall–Kier alpha value is -6.73. The molecule has 4 aliphatic rings. The molecule has 4 fully saturated rings. The van der Waals surface area contributed by atoms with E-state index < -0.39 is 51.6 Å². The second kappa shape index (κ2) is 52.9. The van der Waals surface area contributed by atoms with Crippen LogP contribution in [-0.2, 0) is 61.6 Å². The number of allylic oxidation sites excluding steroid dienone is 1. The standard InChI is InChI=1S/2C18H30BrN5O5.C18H28BrN5O4.C15H20Br2N4O3.C3H3ClO.C3H9NO.ClH/c2*1-18(2,3)29-17(26)23-9-11(8-12(23)10-28-5)24-16(21-6-7-27-4)13(15(20)25)14(19)22-24;1-18(2,3)28-17(25)23-10-12(8-13(23)11-27-5)24-16(21-6-7-26-4)14(9-20)15(19)22-24;1-15(2,3)24-14(22)20-7-9(5-10(20)8-23-4)21-13(17)11(6-18)12(16)19-21;1-2-3(4)5;1-5-3-2-4;/h2*11-12,21H,6-10H2,1-5H3,(H2,20,25);12-13,21H,6-8,10-11H2,1-5H3;9-10H,5,7-8H2,1-4H3;2H,1H2;2-4H2,1H3;1H/t2*11-,12+;12-,13+;9-,10+;;;/m0000.../s1. The van der Waals surface area contributed by atoms with Crippen molar-refractivity contribution in [3.05, 3.63) is 57.9 Å². The lowest BCUT2D eigenvalue weighted by Gasteiger charge is -2.28. The number of methoxy groups -OCH3 is 8. The van der Waals surface area contributed by atoms with Crippen LogP contribution >= 0.6 is 104 Å². The molecule has 6 amide bonds. The number of carbonyl (C=O) groups is 7. The van der Waals surface area contributed by atoms with Gasteiger partial charge in [0, 0.05) is 109 Å². The fourth-order valence-corrected chi connectivity index (χ4v) is 15.5. The van der Waals surface area contributed by atoms with Gasteiger partial charge < -0.3 is 110 Å². The first-order valence-electron chi connectivity index (χ1n) is 38.1. The number of nitrogens with one attached hydrogen (secondary N) is 3. The minimum absolute atomic E-state index is 0. The molecule has 0 saturated carbocycles. The lowest BCUT2D eigenvalue weighted by molar-refractivity contribution is -0.107. The molecule has 0 aliphatic carbocycles. The zero-order chi connectivity index (χ0) is 90.9. The number of aromatic nitrogens is 8. The van der Waals surface area contributed by atoms with Crippen molar-refractivity contribution in [2.75, 3.05) is 178 Å². The van der Waals surface area contributed by atoms with Crippen molar-refractivity contribution < 1.29 is 90.4 Å². The van der Waals surface area contributed by atoms with E-state index in [4.69, 9.17) is 80.9 Å². The van der Waals surface area contributed by atoms with Gasteiger partial charge in [-0.3, -0.25) is 19.1 Å². The SMILES string of the molecule is C=CC(=O)Cl.COCCN.COCCNc1c(C#N)c(Br)nn1[C@H]1C[C@H](COC)N(C(=O)OC(C)(C)C)C1.COCCNc1c(C(N)=O)c(Br)nn1[C@H]1C[C@H](COC)N(C(=O)OC(C)(C)C)C1.COCCNc1c(C(N)=O)c(Br)nn1[C@H]1C[C@H](COC)N(C(=O)OC(C)(C)C)C1.COC[C@H]1C[C@H](n2nc(Br)c(C#N)c2Br)CN1C(=O)OC(C)(C)C.Cl. The number of nitrogens with zero attached hydrogens (tertiary/aromatic N) is 14. The molecule has 9 N–H and O–H groups in total. The lowest BCUT2D eigenvalue weighted by Crippen LogP contribution is -2.41. The zero-order valence-electron chi connectivity index (χ0n) is 72.5. The summed E-state index contributed by atoms with van der Waals surface area (Å²) in [6, 6.07) is 3.14. The molecule has 4 aromatic heterocycles. The van der Waals surface area contributed by atoms with Gasteiger partial charge >= 0.3 is 24.4 Å². The average molecular weight is 2080 g/mol. The number of primary amides is 2. The highest BCUT2D eigenvalue weighted by molar-refractivity contribution is 9.11. The van der Waals surface area contributed by atoms with Gasteiger partial charge in [-0.05, 0) is 206 Å². The van der Waals surface area contributed by atoms with Crippen molar-refractivity contribution in [1.29, 1.82) is 10.5 Å². The Bertz CT molecular complexity index is 3940. The van der Waals surface area contributed by atoms with E-state index in [-0.39, 0.29) is 84.1 Å². The molecule has 39 nitrogen and oxygen atoms in total. The first-order valence-corrected chi connectivity index (χ1v) is 42.4. The fourth-order valence-electron chi connectivity index (χ4n) is 12.6. The highest BCUT2D eigenvalue weighted by atomic mass is 79.9. The number of amides is 6. The molecule has 8 atom stereocenters. The van der Waals surface area contributed by atoms with Crippen LogP contribution < -0.4 is 33.2 Å². The number of anilines is 3. The molecular weight excluding hydrogens is 1960 g/mol. The molecule has 0 unspecified atom stereocenters. The molecule has 46 heteroatoms. The molecule has 8 heterocycles. The van der Waals surface area contributed by atoms with Gasteiger partial charge in [0.25, 0.3) is 11.8 Å². The third kappa shape index (κ3) is 35.0. The topological polar surface area (TPSA) is 476 Å². The number of nitrogens with two attached hydrogens (primary N) is 3. The highest BCUT2D eigenvalue weighted by Gasteiger charge is 2.45. The molecule has 684 valence electrons. The number of rotatable bonds is 29. The summed E-state index contributed by atoms with van der Waals surface area (Å²) >= 11 is 21.4. The van der Waals surface area contributed by atoms with E-state index >= 15 is 0 Å². The van der Waals surface area contributed by atoms with E-state index in [9.17, 15) is 44.1 Å². The van der Waals surface area contributed by atoms with Crippen molar-refractivity contribution in [2.24, 2.45) is 17.2 Å². The molecule has 8 rings (SSSR count). The van der Waals surface area contributed by atoms with Crippen LogP contribution in [0.2, 0.25) is 0 Å². The first kappa shape index (κ1) is 110. The summed E-state index contributed by atoms with van der Waals surface area (Å²) in [6.07, 6.45) is 2.00. The van der Waals surface area contributed by atoms with Gasteiger partial charge in [-0.15, -0.1) is 12.4 Å². The third-order valence-electron chi connectivity index (χ3n) is 17.3. The van der Waals surface area contributed by atoms with Gasteiger partial charge in [-0.2, -0.15) is 30.9 Å². The van der Waals surface area contributed by atoms with Gasteiger partial charge in [0.15, 0.2) is 0 Å². The van der Waals surface area contributed by atoms with Crippen molar-refractivity contribution in [2.45, 2.75) is 180 Å². The van der Waals surface area contributed by atoms with E-state index in [1.54, 1.807) is 95.2 Å². The Morgan fingerprint density at radius 2 is 0.694 bits per heavy atom. The third-order valence-corrected chi connectivity index (χ3v) is 20.4. The Balaban J connectivity index is 0.000000525. The Morgan fingerprint density at radius 1 is 0.446 bits per heavy atom. The summed E-state index contributed by atoms with van der Waals surface area (Å²) in [5.41, 5.74) is 15.2. The van der Waals surface area contributed by atoms with Gasteiger partial charge in [0.05, 0.1) is 101 Å². The number of likely N-dealkylation sites (tertiary alicyclic amines) is 4. The first-order chi connectivity index (χ1) is 56.2. The van der Waals surface area contributed by atoms with Crippen LogP contribution in [0.15, 0.2) is 35.7 Å². The maximum atomic E-state index is 12.7. The number of hydrogen-bond acceptors (Lipinski definition) is 29. The summed E-state index contributed by atoms with van der Waals surface area (Å²) in [5.74, 6) is 0.401. The molecule has 4 saturated heterocycles. The number of halogens is 7. The Kier molecular flexibility index (Phi) is 48.2. The van der Waals surface area contributed by atoms with Gasteiger partial charge in [0.2, 0.25) is 5.24 Å². The summed E-state index contributed by atoms with van der Waals surface area (Å²) in [7, 11) is 12.8. The molecule has 0 spiro atoms. The Morgan fingerprint density at radius 3 is 0.917 bits per heavy atom. The number of ether oxygens (including phenoxy) is 12. The molecule has 0 aromatic carbocycles. The monoisotopic (exact) mass is 2070 g/mol. The van der Waals surface area contributed by atoms with E-state index in [1.165, 1.54) is 0 Å². The van der Waals surface area contributed by atoms with Crippen LogP contribution in [0.3, 0.4) is 0 Å². The predicted octanol–water partition coefficient (Wildman–Crippen LogP) is 11.2. The number of carbonyl (C=O) groups excluding carboxylic acids is 7. The normalized spacial score (nSPS) is 18.6. The number of hydrogen-bond donors (Lipinski definition) is 6. The minimum atomic E-state index is -0.604. The maximum absolute atomic E-state index is 12.7. The van der Waals surface area contributed by atoms with E-state index in [0.29, 0.717) is 182 Å². The zero-order valence-corrected chi connectivity index (χ0v) is 82.0. The molecule has 4 aromatic rings. The van der Waals surface area contributed by atoms with Gasteiger partial charge in [0.1, 0.15) is 97.3 Å².